The number of carbonyl (C=O) groups is 1. The lowest BCUT2D eigenvalue weighted by Gasteiger charge is -2.16. The minimum absolute atomic E-state index is 0.0343. The molecule has 6 nitrogen and oxygen atoms in total. The van der Waals surface area contributed by atoms with E-state index in [1.807, 2.05) is 45.0 Å². The summed E-state index contributed by atoms with van der Waals surface area (Å²) in [4.78, 5) is 16.6. The highest BCUT2D eigenvalue weighted by atomic mass is 16.5. The Morgan fingerprint density at radius 3 is 2.78 bits per heavy atom. The molecule has 0 bridgehead atoms. The zero-order valence-corrected chi connectivity index (χ0v) is 16.9. The van der Waals surface area contributed by atoms with Gasteiger partial charge >= 0.3 is 0 Å². The van der Waals surface area contributed by atoms with Crippen molar-refractivity contribution in [2.24, 2.45) is 4.99 Å². The maximum absolute atomic E-state index is 12.0. The largest absolute Gasteiger partial charge is 0.489 e. The monoisotopic (exact) mass is 374 g/mol. The van der Waals surface area contributed by atoms with Crippen molar-refractivity contribution in [2.45, 2.75) is 65.0 Å². The van der Waals surface area contributed by atoms with Gasteiger partial charge in [0.15, 0.2) is 5.96 Å². The van der Waals surface area contributed by atoms with Crippen molar-refractivity contribution in [2.75, 3.05) is 19.6 Å². The molecule has 3 N–H and O–H groups in total. The van der Waals surface area contributed by atoms with E-state index in [0.717, 1.165) is 25.1 Å². The molecule has 1 aromatic carbocycles. The van der Waals surface area contributed by atoms with Crippen LogP contribution in [0.4, 0.5) is 0 Å². The fraction of sp³-hybridized carbons (Fsp3) is 0.619. The number of hydrogen-bond donors (Lipinski definition) is 3. The summed E-state index contributed by atoms with van der Waals surface area (Å²) in [5.74, 6) is 1.69. The lowest BCUT2D eigenvalue weighted by atomic mass is 10.2. The molecule has 150 valence electrons. The first-order valence-corrected chi connectivity index (χ1v) is 10.1. The van der Waals surface area contributed by atoms with Gasteiger partial charge in [-0.25, -0.2) is 4.99 Å². The Hall–Kier alpha value is -2.24. The number of hydrogen-bond acceptors (Lipinski definition) is 3. The third-order valence-corrected chi connectivity index (χ3v) is 4.54. The molecule has 1 amide bonds. The van der Waals surface area contributed by atoms with E-state index in [2.05, 4.69) is 20.9 Å². The summed E-state index contributed by atoms with van der Waals surface area (Å²) in [5, 5.41) is 9.54. The van der Waals surface area contributed by atoms with E-state index in [9.17, 15) is 4.79 Å². The van der Waals surface area contributed by atoms with Gasteiger partial charge in [0, 0.05) is 25.6 Å². The van der Waals surface area contributed by atoms with Gasteiger partial charge in [-0.2, -0.15) is 0 Å². The highest BCUT2D eigenvalue weighted by molar-refractivity contribution is 5.81. The van der Waals surface area contributed by atoms with E-state index in [1.54, 1.807) is 0 Å². The Bertz CT molecular complexity index is 612. The van der Waals surface area contributed by atoms with Crippen LogP contribution in [-0.4, -0.2) is 43.6 Å². The second-order valence-corrected chi connectivity index (χ2v) is 7.19. The number of nitrogens with zero attached hydrogens (tertiary/aromatic N) is 1. The number of nitrogens with one attached hydrogen (secondary N) is 3. The van der Waals surface area contributed by atoms with Crippen molar-refractivity contribution in [3.63, 3.8) is 0 Å². The van der Waals surface area contributed by atoms with Gasteiger partial charge in [-0.15, -0.1) is 0 Å². The van der Waals surface area contributed by atoms with Gasteiger partial charge in [-0.3, -0.25) is 4.79 Å². The topological polar surface area (TPSA) is 74.8 Å². The van der Waals surface area contributed by atoms with Gasteiger partial charge in [0.1, 0.15) is 11.9 Å². The standard InChI is InChI=1S/C21H34N4O2/c1-4-22-21(23-13-12-20(26)25-18-9-5-6-10-18)24-15-17(3)27-19-11-7-8-16(2)14-19/h7-8,11,14,17-18H,4-6,9-10,12-13,15H2,1-3H3,(H,25,26)(H2,22,23,24). The van der Waals surface area contributed by atoms with Crippen molar-refractivity contribution in [1.82, 2.24) is 16.0 Å². The van der Waals surface area contributed by atoms with Gasteiger partial charge in [0.25, 0.3) is 0 Å². The number of carbonyl (C=O) groups excluding carboxylic acids is 1. The molecule has 1 aliphatic rings. The lowest BCUT2D eigenvalue weighted by Crippen LogP contribution is -2.41. The number of amides is 1. The molecule has 1 unspecified atom stereocenters. The molecule has 6 heteroatoms. The van der Waals surface area contributed by atoms with Crippen LogP contribution in [0.25, 0.3) is 0 Å². The van der Waals surface area contributed by atoms with Gasteiger partial charge in [0.05, 0.1) is 6.54 Å². The average molecular weight is 375 g/mol. The Labute approximate surface area is 163 Å². The predicted octanol–water partition coefficient (Wildman–Crippen LogP) is 2.77. The Morgan fingerprint density at radius 2 is 2.07 bits per heavy atom. The minimum Gasteiger partial charge on any atom is -0.489 e. The Kier molecular flexibility index (Phi) is 8.95. The molecule has 1 atom stereocenters. The summed E-state index contributed by atoms with van der Waals surface area (Å²) in [6.07, 6.45) is 5.10. The van der Waals surface area contributed by atoms with Crippen molar-refractivity contribution in [3.05, 3.63) is 29.8 Å². The summed E-state index contributed by atoms with van der Waals surface area (Å²) in [6, 6.07) is 8.39. The maximum Gasteiger partial charge on any atom is 0.221 e. The van der Waals surface area contributed by atoms with E-state index in [0.29, 0.717) is 31.5 Å². The third-order valence-electron chi connectivity index (χ3n) is 4.54. The van der Waals surface area contributed by atoms with Crippen LogP contribution in [0.1, 0.15) is 51.5 Å². The van der Waals surface area contributed by atoms with Gasteiger partial charge in [-0.1, -0.05) is 25.0 Å². The molecule has 1 aliphatic carbocycles. The SMILES string of the molecule is CCNC(=NCC(C)Oc1cccc(C)c1)NCCC(=O)NC1CCCC1. The number of rotatable bonds is 9. The molecule has 1 saturated carbocycles. The van der Waals surface area contributed by atoms with Crippen LogP contribution in [0, 0.1) is 6.92 Å². The van der Waals surface area contributed by atoms with Crippen LogP contribution in [0.3, 0.4) is 0 Å². The fourth-order valence-electron chi connectivity index (χ4n) is 3.18. The number of guanidine groups is 1. The summed E-state index contributed by atoms with van der Waals surface area (Å²) in [6.45, 7) is 7.95. The Balaban J connectivity index is 1.72. The highest BCUT2D eigenvalue weighted by Gasteiger charge is 2.16. The zero-order valence-electron chi connectivity index (χ0n) is 16.9. The molecule has 0 aromatic heterocycles. The smallest absolute Gasteiger partial charge is 0.221 e. The molecule has 0 heterocycles. The summed E-state index contributed by atoms with van der Waals surface area (Å²) in [7, 11) is 0. The van der Waals surface area contributed by atoms with Gasteiger partial charge in [0.2, 0.25) is 5.91 Å². The summed E-state index contributed by atoms with van der Waals surface area (Å²) < 4.78 is 5.91. The molecule has 0 spiro atoms. The molecule has 1 fully saturated rings. The van der Waals surface area contributed by atoms with E-state index >= 15 is 0 Å². The molecule has 0 saturated heterocycles. The first kappa shape index (κ1) is 21.1. The first-order chi connectivity index (χ1) is 13.1. The molecule has 27 heavy (non-hydrogen) atoms. The molecule has 1 aromatic rings. The normalized spacial score (nSPS) is 16.0. The molecule has 0 radical (unpaired) electrons. The summed E-state index contributed by atoms with van der Waals surface area (Å²) >= 11 is 0. The van der Waals surface area contributed by atoms with Crippen LogP contribution < -0.4 is 20.7 Å². The number of benzene rings is 1. The minimum atomic E-state index is -0.0343. The maximum atomic E-state index is 12.0. The fourth-order valence-corrected chi connectivity index (χ4v) is 3.18. The third kappa shape index (κ3) is 8.33. The van der Waals surface area contributed by atoms with Gasteiger partial charge < -0.3 is 20.7 Å². The quantitative estimate of drug-likeness (QED) is 0.459. The van der Waals surface area contributed by atoms with Crippen molar-refractivity contribution in [3.8, 4) is 5.75 Å². The highest BCUT2D eigenvalue weighted by Crippen LogP contribution is 2.17. The molecule has 2 rings (SSSR count). The van der Waals surface area contributed by atoms with Crippen LogP contribution in [0.15, 0.2) is 29.3 Å². The second kappa shape index (κ2) is 11.5. The zero-order chi connectivity index (χ0) is 19.5. The molecular weight excluding hydrogens is 340 g/mol. The van der Waals surface area contributed by atoms with E-state index in [1.165, 1.54) is 18.4 Å². The second-order valence-electron chi connectivity index (χ2n) is 7.19. The van der Waals surface area contributed by atoms with Gasteiger partial charge in [-0.05, 0) is 51.3 Å². The summed E-state index contributed by atoms with van der Waals surface area (Å²) in [5.41, 5.74) is 1.18. The van der Waals surface area contributed by atoms with Crippen LogP contribution >= 0.6 is 0 Å². The lowest BCUT2D eigenvalue weighted by molar-refractivity contribution is -0.121. The van der Waals surface area contributed by atoms with E-state index in [4.69, 9.17) is 4.74 Å². The predicted molar refractivity (Wildman–Crippen MR) is 110 cm³/mol. The van der Waals surface area contributed by atoms with Crippen molar-refractivity contribution < 1.29 is 9.53 Å². The number of aliphatic imine (C=N–C) groups is 1. The average Bonchev–Trinajstić information content (AvgIpc) is 3.12. The molecule has 0 aliphatic heterocycles. The number of aryl methyl sites for hydroxylation is 1. The molecular formula is C21H34N4O2. The first-order valence-electron chi connectivity index (χ1n) is 10.1. The van der Waals surface area contributed by atoms with Crippen LogP contribution in [-0.2, 0) is 4.79 Å². The van der Waals surface area contributed by atoms with Crippen molar-refractivity contribution >= 4 is 11.9 Å². The van der Waals surface area contributed by atoms with Crippen LogP contribution in [0.2, 0.25) is 0 Å². The number of ether oxygens (including phenoxy) is 1. The van der Waals surface area contributed by atoms with Crippen LogP contribution in [0.5, 0.6) is 5.75 Å². The van der Waals surface area contributed by atoms with E-state index in [-0.39, 0.29) is 12.0 Å². The van der Waals surface area contributed by atoms with Crippen molar-refractivity contribution in [1.29, 1.82) is 0 Å². The Morgan fingerprint density at radius 1 is 1.30 bits per heavy atom. The van der Waals surface area contributed by atoms with E-state index < -0.39 is 0 Å².